The van der Waals surface area contributed by atoms with Gasteiger partial charge in [0.2, 0.25) is 0 Å². The summed E-state index contributed by atoms with van der Waals surface area (Å²) in [4.78, 5) is 0. The summed E-state index contributed by atoms with van der Waals surface area (Å²) < 4.78 is 0. The van der Waals surface area contributed by atoms with Crippen LogP contribution in [0.1, 0.15) is 18.9 Å². The molecule has 72 valence electrons. The maximum atomic E-state index is 5.86. The Labute approximate surface area is 84.1 Å². The molecule has 0 unspecified atom stereocenters. The van der Waals surface area contributed by atoms with E-state index in [0.717, 1.165) is 30.8 Å². The molecule has 0 aliphatic carbocycles. The second kappa shape index (κ2) is 5.10. The number of nitrogen functional groups attached to an aromatic ring is 1. The van der Waals surface area contributed by atoms with Crippen LogP contribution < -0.4 is 11.1 Å². The smallest absolute Gasteiger partial charge is 0.0429 e. The Kier molecular flexibility index (Phi) is 4.06. The Morgan fingerprint density at radius 3 is 2.77 bits per heavy atom. The van der Waals surface area contributed by atoms with Crippen LogP contribution in [0, 0.1) is 0 Å². The van der Waals surface area contributed by atoms with Gasteiger partial charge in [-0.25, -0.2) is 0 Å². The molecular weight excluding hydrogens is 184 g/mol. The third kappa shape index (κ3) is 3.66. The lowest BCUT2D eigenvalue weighted by atomic mass is 10.2. The van der Waals surface area contributed by atoms with Crippen LogP contribution in [0.4, 0.5) is 5.69 Å². The molecule has 2 nitrogen and oxygen atoms in total. The number of halogens is 1. The van der Waals surface area contributed by atoms with Crippen molar-refractivity contribution in [3.8, 4) is 0 Å². The van der Waals surface area contributed by atoms with Crippen molar-refractivity contribution in [3.05, 3.63) is 28.8 Å². The molecule has 1 rings (SSSR count). The number of nitrogens with two attached hydrogens (primary N) is 1. The van der Waals surface area contributed by atoms with E-state index in [-0.39, 0.29) is 0 Å². The summed E-state index contributed by atoms with van der Waals surface area (Å²) in [7, 11) is 0. The average molecular weight is 199 g/mol. The molecule has 3 N–H and O–H groups in total. The van der Waals surface area contributed by atoms with Crippen LogP contribution in [0.25, 0.3) is 0 Å². The van der Waals surface area contributed by atoms with E-state index in [1.807, 2.05) is 12.1 Å². The summed E-state index contributed by atoms with van der Waals surface area (Å²) in [5, 5.41) is 3.99. The minimum atomic E-state index is 0.702. The van der Waals surface area contributed by atoms with E-state index >= 15 is 0 Å². The molecule has 0 radical (unpaired) electrons. The highest BCUT2D eigenvalue weighted by Crippen LogP contribution is 2.16. The molecular formula is C10H15ClN2. The van der Waals surface area contributed by atoms with Gasteiger partial charge in [0.15, 0.2) is 0 Å². The lowest BCUT2D eigenvalue weighted by molar-refractivity contribution is 0.675. The van der Waals surface area contributed by atoms with E-state index in [1.54, 1.807) is 6.07 Å². The quantitative estimate of drug-likeness (QED) is 0.576. The van der Waals surface area contributed by atoms with Crippen LogP contribution in [-0.4, -0.2) is 6.54 Å². The maximum Gasteiger partial charge on any atom is 0.0429 e. The summed E-state index contributed by atoms with van der Waals surface area (Å²) in [6.45, 7) is 3.99. The van der Waals surface area contributed by atoms with Crippen molar-refractivity contribution < 1.29 is 0 Å². The van der Waals surface area contributed by atoms with E-state index < -0.39 is 0 Å². The number of hydrogen-bond acceptors (Lipinski definition) is 2. The highest BCUT2D eigenvalue weighted by Gasteiger charge is 1.96. The van der Waals surface area contributed by atoms with Gasteiger partial charge in [0.25, 0.3) is 0 Å². The monoisotopic (exact) mass is 198 g/mol. The van der Waals surface area contributed by atoms with Gasteiger partial charge in [-0.05, 0) is 36.7 Å². The summed E-state index contributed by atoms with van der Waals surface area (Å²) in [5.41, 5.74) is 7.51. The summed E-state index contributed by atoms with van der Waals surface area (Å²) in [5.74, 6) is 0. The van der Waals surface area contributed by atoms with Crippen LogP contribution in [-0.2, 0) is 6.54 Å². The largest absolute Gasteiger partial charge is 0.399 e. The van der Waals surface area contributed by atoms with Gasteiger partial charge in [-0.2, -0.15) is 0 Å². The standard InChI is InChI=1S/C10H15ClN2/c1-2-3-13-7-8-4-9(11)6-10(12)5-8/h4-6,13H,2-3,7,12H2,1H3. The van der Waals surface area contributed by atoms with Crippen LogP contribution >= 0.6 is 11.6 Å². The van der Waals surface area contributed by atoms with Gasteiger partial charge in [-0.15, -0.1) is 0 Å². The minimum Gasteiger partial charge on any atom is -0.399 e. The summed E-state index contributed by atoms with van der Waals surface area (Å²) >= 11 is 5.86. The number of hydrogen-bond donors (Lipinski definition) is 2. The van der Waals surface area contributed by atoms with Crippen molar-refractivity contribution in [1.29, 1.82) is 0 Å². The first-order valence-corrected chi connectivity index (χ1v) is 4.86. The molecule has 13 heavy (non-hydrogen) atoms. The molecule has 0 spiro atoms. The molecule has 0 fully saturated rings. The van der Waals surface area contributed by atoms with Crippen molar-refractivity contribution in [2.45, 2.75) is 19.9 Å². The molecule has 0 heterocycles. The fourth-order valence-corrected chi connectivity index (χ4v) is 1.45. The third-order valence-electron chi connectivity index (χ3n) is 1.74. The lowest BCUT2D eigenvalue weighted by Gasteiger charge is -2.04. The summed E-state index contributed by atoms with van der Waals surface area (Å²) in [6, 6.07) is 5.62. The van der Waals surface area contributed by atoms with Crippen molar-refractivity contribution in [1.82, 2.24) is 5.32 Å². The van der Waals surface area contributed by atoms with Crippen molar-refractivity contribution in [2.24, 2.45) is 0 Å². The van der Waals surface area contributed by atoms with E-state index in [1.165, 1.54) is 0 Å². The van der Waals surface area contributed by atoms with Gasteiger partial charge in [0.05, 0.1) is 0 Å². The molecule has 1 aromatic carbocycles. The Morgan fingerprint density at radius 1 is 1.38 bits per heavy atom. The highest BCUT2D eigenvalue weighted by molar-refractivity contribution is 6.30. The first-order valence-electron chi connectivity index (χ1n) is 4.48. The zero-order chi connectivity index (χ0) is 9.68. The Hall–Kier alpha value is -0.730. The van der Waals surface area contributed by atoms with E-state index in [4.69, 9.17) is 17.3 Å². The Morgan fingerprint density at radius 2 is 2.15 bits per heavy atom. The first-order chi connectivity index (χ1) is 6.22. The second-order valence-electron chi connectivity index (χ2n) is 3.07. The molecule has 0 atom stereocenters. The van der Waals surface area contributed by atoms with Crippen LogP contribution in [0.3, 0.4) is 0 Å². The van der Waals surface area contributed by atoms with Gasteiger partial charge in [-0.1, -0.05) is 18.5 Å². The van der Waals surface area contributed by atoms with Gasteiger partial charge in [-0.3, -0.25) is 0 Å². The number of nitrogens with one attached hydrogen (secondary N) is 1. The molecule has 3 heteroatoms. The van der Waals surface area contributed by atoms with Gasteiger partial charge in [0.1, 0.15) is 0 Å². The third-order valence-corrected chi connectivity index (χ3v) is 1.95. The van der Waals surface area contributed by atoms with Crippen LogP contribution in [0.5, 0.6) is 0 Å². The van der Waals surface area contributed by atoms with E-state index in [9.17, 15) is 0 Å². The summed E-state index contributed by atoms with van der Waals surface area (Å²) in [6.07, 6.45) is 1.13. The number of rotatable bonds is 4. The molecule has 0 bridgehead atoms. The van der Waals surface area contributed by atoms with Gasteiger partial charge < -0.3 is 11.1 Å². The fraction of sp³-hybridized carbons (Fsp3) is 0.400. The SMILES string of the molecule is CCCNCc1cc(N)cc(Cl)c1. The normalized spacial score (nSPS) is 10.3. The molecule has 1 aromatic rings. The van der Waals surface area contributed by atoms with Crippen molar-refractivity contribution in [3.63, 3.8) is 0 Å². The van der Waals surface area contributed by atoms with Crippen molar-refractivity contribution in [2.75, 3.05) is 12.3 Å². The molecule has 0 amide bonds. The zero-order valence-corrected chi connectivity index (χ0v) is 8.56. The van der Waals surface area contributed by atoms with Crippen molar-refractivity contribution >= 4 is 17.3 Å². The van der Waals surface area contributed by atoms with Crippen LogP contribution in [0.15, 0.2) is 18.2 Å². The topological polar surface area (TPSA) is 38.0 Å². The zero-order valence-electron chi connectivity index (χ0n) is 7.81. The van der Waals surface area contributed by atoms with Gasteiger partial charge in [0, 0.05) is 17.3 Å². The lowest BCUT2D eigenvalue weighted by Crippen LogP contribution is -2.13. The predicted molar refractivity (Wildman–Crippen MR) is 57.9 cm³/mol. The maximum absolute atomic E-state index is 5.86. The van der Waals surface area contributed by atoms with E-state index in [2.05, 4.69) is 12.2 Å². The average Bonchev–Trinajstić information content (AvgIpc) is 2.03. The van der Waals surface area contributed by atoms with Crippen LogP contribution in [0.2, 0.25) is 5.02 Å². The van der Waals surface area contributed by atoms with Gasteiger partial charge >= 0.3 is 0 Å². The molecule has 0 aliphatic heterocycles. The number of benzene rings is 1. The molecule has 0 aromatic heterocycles. The van der Waals surface area contributed by atoms with E-state index in [0.29, 0.717) is 5.02 Å². The Bertz CT molecular complexity index is 253. The Balaban J connectivity index is 2.56. The predicted octanol–water partition coefficient (Wildman–Crippen LogP) is 2.42. The minimum absolute atomic E-state index is 0.702. The first kappa shape index (κ1) is 10.4. The molecule has 0 saturated carbocycles. The molecule has 0 aliphatic rings. The highest BCUT2D eigenvalue weighted by atomic mass is 35.5. The molecule has 0 saturated heterocycles. The fourth-order valence-electron chi connectivity index (χ4n) is 1.19. The number of anilines is 1. The second-order valence-corrected chi connectivity index (χ2v) is 3.51.